The maximum atomic E-state index is 13.5. The summed E-state index contributed by atoms with van der Waals surface area (Å²) < 4.78 is 23.9. The van der Waals surface area contributed by atoms with Gasteiger partial charge in [0.25, 0.3) is 5.91 Å². The number of hydrogen-bond acceptors (Lipinski definition) is 6. The summed E-state index contributed by atoms with van der Waals surface area (Å²) in [7, 11) is -3.19. The quantitative estimate of drug-likeness (QED) is 0.690. The molecular weight excluding hydrogens is 448 g/mol. The van der Waals surface area contributed by atoms with E-state index in [0.717, 1.165) is 11.1 Å². The lowest BCUT2D eigenvalue weighted by Gasteiger charge is -2.31. The molecule has 1 aliphatic heterocycles. The number of guanidine groups is 1. The van der Waals surface area contributed by atoms with Gasteiger partial charge in [-0.05, 0) is 61.1 Å². The van der Waals surface area contributed by atoms with Gasteiger partial charge in [0.2, 0.25) is 0 Å². The normalized spacial score (nSPS) is 28.2. The highest BCUT2D eigenvalue weighted by Crippen LogP contribution is 2.38. The number of amides is 1. The molecule has 0 aromatic heterocycles. The number of nitrogens with zero attached hydrogens (tertiary/aromatic N) is 2. The van der Waals surface area contributed by atoms with E-state index >= 15 is 0 Å². The van der Waals surface area contributed by atoms with E-state index in [1.54, 1.807) is 13.0 Å². The fraction of sp³-hybridized carbons (Fsp3) is 0.391. The number of aliphatic imine (C=N–C) groups is 1. The molecule has 7 nitrogen and oxygen atoms in total. The minimum Gasteiger partial charge on any atom is -0.369 e. The van der Waals surface area contributed by atoms with Gasteiger partial charge in [0.15, 0.2) is 11.5 Å². The SMILES string of the molecule is CC1(c2cccc(-c3cccc(Cl)c3)c2)N=C(N)N(CC2(N)CCC(S(C)(=O)=O)C2)C1=O. The third-order valence-electron chi connectivity index (χ3n) is 6.54. The molecule has 170 valence electrons. The molecule has 4 N–H and O–H groups in total. The zero-order valence-corrected chi connectivity index (χ0v) is 19.7. The molecule has 2 aliphatic rings. The van der Waals surface area contributed by atoms with E-state index in [1.165, 1.54) is 11.2 Å². The summed E-state index contributed by atoms with van der Waals surface area (Å²) in [4.78, 5) is 19.4. The number of carbonyl (C=O) groups is 1. The molecule has 0 bridgehead atoms. The summed E-state index contributed by atoms with van der Waals surface area (Å²) in [6, 6.07) is 15.1. The maximum Gasteiger partial charge on any atom is 0.261 e. The molecule has 2 aromatic rings. The topological polar surface area (TPSA) is 119 Å². The van der Waals surface area contributed by atoms with Gasteiger partial charge >= 0.3 is 0 Å². The molecule has 2 aromatic carbocycles. The molecular formula is C23H27ClN4O3S. The molecule has 3 unspecified atom stereocenters. The van der Waals surface area contributed by atoms with Crippen LogP contribution in [0.4, 0.5) is 0 Å². The number of benzene rings is 2. The predicted octanol–water partition coefficient (Wildman–Crippen LogP) is 2.67. The first-order valence-corrected chi connectivity index (χ1v) is 12.8. The molecule has 32 heavy (non-hydrogen) atoms. The van der Waals surface area contributed by atoms with Crippen LogP contribution >= 0.6 is 11.6 Å². The number of carbonyl (C=O) groups excluding carboxylic acids is 1. The number of sulfone groups is 1. The Morgan fingerprint density at radius 1 is 1.19 bits per heavy atom. The van der Waals surface area contributed by atoms with Crippen LogP contribution in [0.5, 0.6) is 0 Å². The van der Waals surface area contributed by atoms with Gasteiger partial charge in [0.05, 0.1) is 5.25 Å². The molecule has 0 spiro atoms. The lowest BCUT2D eigenvalue weighted by Crippen LogP contribution is -2.54. The van der Waals surface area contributed by atoms with Gasteiger partial charge in [0, 0.05) is 23.4 Å². The molecule has 1 amide bonds. The molecule has 3 atom stereocenters. The lowest BCUT2D eigenvalue weighted by molar-refractivity contribution is -0.131. The van der Waals surface area contributed by atoms with Crippen LogP contribution in [0.25, 0.3) is 11.1 Å². The average Bonchev–Trinajstić information content (AvgIpc) is 3.22. The van der Waals surface area contributed by atoms with Crippen molar-refractivity contribution in [1.82, 2.24) is 4.90 Å². The van der Waals surface area contributed by atoms with Gasteiger partial charge in [-0.1, -0.05) is 41.9 Å². The Kier molecular flexibility index (Phi) is 5.59. The highest BCUT2D eigenvalue weighted by Gasteiger charge is 2.49. The zero-order valence-electron chi connectivity index (χ0n) is 18.1. The summed E-state index contributed by atoms with van der Waals surface area (Å²) in [5.41, 5.74) is 13.2. The van der Waals surface area contributed by atoms with Crippen molar-refractivity contribution in [2.24, 2.45) is 16.5 Å². The van der Waals surface area contributed by atoms with Gasteiger partial charge in [-0.2, -0.15) is 0 Å². The van der Waals surface area contributed by atoms with E-state index in [4.69, 9.17) is 23.1 Å². The Labute approximate surface area is 193 Å². The van der Waals surface area contributed by atoms with Crippen LogP contribution < -0.4 is 11.5 Å². The van der Waals surface area contributed by atoms with Crippen molar-refractivity contribution < 1.29 is 13.2 Å². The van der Waals surface area contributed by atoms with E-state index in [2.05, 4.69) is 4.99 Å². The van der Waals surface area contributed by atoms with Gasteiger partial charge < -0.3 is 11.5 Å². The van der Waals surface area contributed by atoms with Crippen molar-refractivity contribution in [3.05, 3.63) is 59.1 Å². The van der Waals surface area contributed by atoms with Crippen molar-refractivity contribution in [3.63, 3.8) is 0 Å². The Morgan fingerprint density at radius 2 is 1.84 bits per heavy atom. The van der Waals surface area contributed by atoms with Crippen LogP contribution in [0.3, 0.4) is 0 Å². The zero-order chi connectivity index (χ0) is 23.3. The second-order valence-electron chi connectivity index (χ2n) is 9.08. The predicted molar refractivity (Wildman–Crippen MR) is 127 cm³/mol. The lowest BCUT2D eigenvalue weighted by atomic mass is 9.89. The van der Waals surface area contributed by atoms with Crippen LogP contribution in [0.15, 0.2) is 53.5 Å². The fourth-order valence-corrected chi connectivity index (χ4v) is 6.02. The first kappa shape index (κ1) is 22.8. The van der Waals surface area contributed by atoms with Crippen LogP contribution in [-0.4, -0.2) is 48.8 Å². The van der Waals surface area contributed by atoms with E-state index < -0.39 is 26.2 Å². The summed E-state index contributed by atoms with van der Waals surface area (Å²) in [5, 5.41) is 0.130. The molecule has 9 heteroatoms. The van der Waals surface area contributed by atoms with Gasteiger partial charge in [-0.3, -0.25) is 9.69 Å². The Bertz CT molecular complexity index is 1220. The number of halogens is 1. The minimum atomic E-state index is -3.19. The largest absolute Gasteiger partial charge is 0.369 e. The molecule has 1 heterocycles. The molecule has 4 rings (SSSR count). The summed E-state index contributed by atoms with van der Waals surface area (Å²) in [6.07, 6.45) is 2.50. The summed E-state index contributed by atoms with van der Waals surface area (Å²) in [6.45, 7) is 1.87. The second-order valence-corrected chi connectivity index (χ2v) is 11.8. The molecule has 0 saturated heterocycles. The minimum absolute atomic E-state index is 0.0956. The highest BCUT2D eigenvalue weighted by molar-refractivity contribution is 7.91. The van der Waals surface area contributed by atoms with Crippen LogP contribution in [0.2, 0.25) is 5.02 Å². The summed E-state index contributed by atoms with van der Waals surface area (Å²) >= 11 is 6.13. The van der Waals surface area contributed by atoms with E-state index in [1.807, 2.05) is 42.5 Å². The molecule has 1 aliphatic carbocycles. The molecule has 1 fully saturated rings. The number of nitrogens with two attached hydrogens (primary N) is 2. The Hall–Kier alpha value is -2.42. The fourth-order valence-electron chi connectivity index (χ4n) is 4.64. The highest BCUT2D eigenvalue weighted by atomic mass is 35.5. The van der Waals surface area contributed by atoms with Crippen LogP contribution in [-0.2, 0) is 20.2 Å². The first-order valence-electron chi connectivity index (χ1n) is 10.4. The number of hydrogen-bond donors (Lipinski definition) is 2. The van der Waals surface area contributed by atoms with Crippen molar-refractivity contribution in [2.45, 2.75) is 42.5 Å². The van der Waals surface area contributed by atoms with Gasteiger partial charge in [0.1, 0.15) is 9.84 Å². The van der Waals surface area contributed by atoms with E-state index in [0.29, 0.717) is 29.8 Å². The van der Waals surface area contributed by atoms with Gasteiger partial charge in [-0.25, -0.2) is 13.4 Å². The summed E-state index contributed by atoms with van der Waals surface area (Å²) in [5.74, 6) is -0.177. The first-order chi connectivity index (χ1) is 14.9. The van der Waals surface area contributed by atoms with Gasteiger partial charge in [-0.15, -0.1) is 0 Å². The molecule has 1 saturated carbocycles. The van der Waals surface area contributed by atoms with Crippen molar-refractivity contribution >= 4 is 33.3 Å². The van der Waals surface area contributed by atoms with E-state index in [9.17, 15) is 13.2 Å². The Balaban J connectivity index is 1.60. The van der Waals surface area contributed by atoms with Crippen molar-refractivity contribution in [2.75, 3.05) is 12.8 Å². The Morgan fingerprint density at radius 3 is 2.47 bits per heavy atom. The third-order valence-corrected chi connectivity index (χ3v) is 8.38. The third kappa shape index (κ3) is 4.14. The van der Waals surface area contributed by atoms with Crippen LogP contribution in [0.1, 0.15) is 31.7 Å². The van der Waals surface area contributed by atoms with Crippen LogP contribution in [0, 0.1) is 0 Å². The monoisotopic (exact) mass is 474 g/mol. The second kappa shape index (κ2) is 7.86. The standard InChI is InChI=1S/C23H27ClN4O3S/c1-22(17-7-3-5-15(11-17)16-6-4-8-18(24)12-16)20(29)28(21(25)27-22)14-23(26)10-9-19(13-23)32(2,30)31/h3-8,11-12,19H,9-10,13-14,26H2,1-2H3,(H2,25,27). The van der Waals surface area contributed by atoms with Crippen molar-refractivity contribution in [1.29, 1.82) is 0 Å². The van der Waals surface area contributed by atoms with E-state index in [-0.39, 0.29) is 18.4 Å². The average molecular weight is 475 g/mol. The van der Waals surface area contributed by atoms with Crippen molar-refractivity contribution in [3.8, 4) is 11.1 Å². The number of rotatable bonds is 5. The maximum absolute atomic E-state index is 13.5. The molecule has 0 radical (unpaired) electrons. The smallest absolute Gasteiger partial charge is 0.261 e.